The van der Waals surface area contributed by atoms with Gasteiger partial charge in [0.25, 0.3) is 0 Å². The van der Waals surface area contributed by atoms with Gasteiger partial charge < -0.3 is 20.3 Å². The number of halogens is 4. The Hall–Kier alpha value is -2.68. The van der Waals surface area contributed by atoms with Crippen molar-refractivity contribution in [2.45, 2.75) is 13.2 Å². The predicted molar refractivity (Wildman–Crippen MR) is 77.0 cm³/mol. The molecular weight excluding hydrogens is 353 g/mol. The van der Waals surface area contributed by atoms with E-state index in [0.29, 0.717) is 0 Å². The van der Waals surface area contributed by atoms with Crippen LogP contribution in [0.3, 0.4) is 0 Å². The highest BCUT2D eigenvalue weighted by Crippen LogP contribution is 2.46. The number of fused-ring (bicyclic) bond motifs is 1. The molecule has 2 heterocycles. The number of hydrogen-bond donors (Lipinski definition) is 2. The zero-order valence-electron chi connectivity index (χ0n) is 11.9. The van der Waals surface area contributed by atoms with Crippen molar-refractivity contribution >= 4 is 23.3 Å². The van der Waals surface area contributed by atoms with Crippen molar-refractivity contribution < 1.29 is 32.5 Å². The first kappa shape index (κ1) is 16.2. The molecule has 0 fully saturated rings. The molecule has 3 N–H and O–H groups in total. The van der Waals surface area contributed by atoms with Crippen LogP contribution in [0.15, 0.2) is 12.1 Å². The molecule has 0 aliphatic carbocycles. The van der Waals surface area contributed by atoms with Gasteiger partial charge in [-0.05, 0) is 24.6 Å². The Balaban J connectivity index is 2.24. The lowest BCUT2D eigenvalue weighted by Gasteiger charge is -2.13. The molecule has 0 saturated heterocycles. The maximum atomic E-state index is 14.5. The number of hydrogen-bond acceptors (Lipinski definition) is 5. The van der Waals surface area contributed by atoms with Crippen LogP contribution in [0.1, 0.15) is 16.1 Å². The first-order chi connectivity index (χ1) is 11.1. The van der Waals surface area contributed by atoms with E-state index in [2.05, 4.69) is 14.5 Å². The van der Waals surface area contributed by atoms with Crippen molar-refractivity contribution in [3.05, 3.63) is 34.2 Å². The molecule has 24 heavy (non-hydrogen) atoms. The molecule has 1 aromatic heterocycles. The molecule has 0 radical (unpaired) electrons. The second-order valence-corrected chi connectivity index (χ2v) is 5.27. The van der Waals surface area contributed by atoms with Gasteiger partial charge in [-0.3, -0.25) is 0 Å². The number of rotatable bonds is 2. The Bertz CT molecular complexity index is 889. The smallest absolute Gasteiger partial charge is 0.476 e. The highest BCUT2D eigenvalue weighted by Gasteiger charge is 2.45. The summed E-state index contributed by atoms with van der Waals surface area (Å²) >= 11 is 5.82. The van der Waals surface area contributed by atoms with Crippen LogP contribution in [-0.4, -0.2) is 22.4 Å². The fourth-order valence-electron chi connectivity index (χ4n) is 2.23. The summed E-state index contributed by atoms with van der Waals surface area (Å²) in [5.41, 5.74) is 4.79. The first-order valence-electron chi connectivity index (χ1n) is 6.40. The van der Waals surface area contributed by atoms with Crippen LogP contribution in [0.2, 0.25) is 5.02 Å². The quantitative estimate of drug-likeness (QED) is 0.851. The van der Waals surface area contributed by atoms with Crippen molar-refractivity contribution in [2.24, 2.45) is 0 Å². The molecule has 2 aromatic rings. The third-order valence-corrected chi connectivity index (χ3v) is 3.78. The summed E-state index contributed by atoms with van der Waals surface area (Å²) in [7, 11) is 0. The van der Waals surface area contributed by atoms with E-state index in [1.165, 1.54) is 6.92 Å². The molecule has 0 unspecified atom stereocenters. The van der Waals surface area contributed by atoms with Crippen LogP contribution in [0, 0.1) is 12.7 Å². The van der Waals surface area contributed by atoms with E-state index in [-0.39, 0.29) is 27.5 Å². The lowest BCUT2D eigenvalue weighted by molar-refractivity contribution is -0.287. The van der Waals surface area contributed by atoms with E-state index >= 15 is 0 Å². The number of nitrogens with zero attached hydrogens (tertiary/aromatic N) is 1. The van der Waals surface area contributed by atoms with E-state index in [1.807, 2.05) is 0 Å². The lowest BCUT2D eigenvalue weighted by Crippen LogP contribution is -2.26. The van der Waals surface area contributed by atoms with Crippen LogP contribution < -0.4 is 15.2 Å². The number of carboxylic acid groups (broad SMARTS) is 1. The molecule has 6 nitrogen and oxygen atoms in total. The summed E-state index contributed by atoms with van der Waals surface area (Å²) < 4.78 is 49.0. The Morgan fingerprint density at radius 2 is 2.04 bits per heavy atom. The summed E-state index contributed by atoms with van der Waals surface area (Å²) in [6.45, 7) is 1.44. The van der Waals surface area contributed by atoms with E-state index in [4.69, 9.17) is 22.4 Å². The van der Waals surface area contributed by atoms with Crippen LogP contribution in [0.25, 0.3) is 11.3 Å². The number of carboxylic acids is 1. The molecular formula is C14H8ClF3N2O4. The summed E-state index contributed by atoms with van der Waals surface area (Å²) in [6, 6.07) is 2.16. The molecule has 0 atom stereocenters. The SMILES string of the molecule is Cc1c(-c2ccc3c(c2F)OC(F)(F)O3)nc(C(=O)O)c(Cl)c1N. The second kappa shape index (κ2) is 5.17. The van der Waals surface area contributed by atoms with Gasteiger partial charge in [0.2, 0.25) is 5.75 Å². The van der Waals surface area contributed by atoms with Gasteiger partial charge in [-0.2, -0.15) is 0 Å². The largest absolute Gasteiger partial charge is 0.586 e. The molecule has 0 saturated carbocycles. The minimum atomic E-state index is -3.99. The molecule has 126 valence electrons. The standard InChI is InChI=1S/C14H8ClF3N2O4/c1-4-9(19)7(15)11(13(21)22)20-10(4)5-2-3-6-12(8(5)16)24-14(17,18)23-6/h2-3H,1H3,(H2,19,20)(H,21,22). The maximum Gasteiger partial charge on any atom is 0.586 e. The van der Waals surface area contributed by atoms with Crippen molar-refractivity contribution in [2.75, 3.05) is 5.73 Å². The Kier molecular flexibility index (Phi) is 3.48. The Morgan fingerprint density at radius 1 is 1.38 bits per heavy atom. The normalized spacial score (nSPS) is 14.7. The predicted octanol–water partition coefficient (Wildman–Crippen LogP) is 3.45. The third kappa shape index (κ3) is 2.37. The zero-order valence-corrected chi connectivity index (χ0v) is 12.6. The van der Waals surface area contributed by atoms with E-state index in [9.17, 15) is 18.0 Å². The summed E-state index contributed by atoms with van der Waals surface area (Å²) in [6.07, 6.45) is -3.99. The summed E-state index contributed by atoms with van der Waals surface area (Å²) in [5, 5.41) is 8.81. The van der Waals surface area contributed by atoms with Crippen LogP contribution in [0.5, 0.6) is 11.5 Å². The summed E-state index contributed by atoms with van der Waals surface area (Å²) in [4.78, 5) is 15.0. The molecule has 1 aromatic carbocycles. The van der Waals surface area contributed by atoms with Crippen molar-refractivity contribution in [1.82, 2.24) is 4.98 Å². The van der Waals surface area contributed by atoms with E-state index < -0.39 is 35.3 Å². The second-order valence-electron chi connectivity index (χ2n) is 4.89. The number of aromatic nitrogens is 1. The van der Waals surface area contributed by atoms with E-state index in [0.717, 1.165) is 12.1 Å². The van der Waals surface area contributed by atoms with E-state index in [1.54, 1.807) is 0 Å². The van der Waals surface area contributed by atoms with Crippen molar-refractivity contribution in [3.63, 3.8) is 0 Å². The van der Waals surface area contributed by atoms with Gasteiger partial charge in [0.05, 0.1) is 16.4 Å². The molecule has 1 aliphatic rings. The van der Waals surface area contributed by atoms with Gasteiger partial charge in [0, 0.05) is 5.56 Å². The van der Waals surface area contributed by atoms with Gasteiger partial charge in [-0.1, -0.05) is 11.6 Å². The number of benzene rings is 1. The number of carbonyl (C=O) groups is 1. The molecule has 0 amide bonds. The van der Waals surface area contributed by atoms with Gasteiger partial charge in [0.1, 0.15) is 0 Å². The number of alkyl halides is 2. The Labute approximate surface area is 137 Å². The van der Waals surface area contributed by atoms with Crippen LogP contribution in [0.4, 0.5) is 18.9 Å². The fourth-order valence-corrected chi connectivity index (χ4v) is 2.50. The molecule has 1 aliphatic heterocycles. The van der Waals surface area contributed by atoms with Gasteiger partial charge in [-0.15, -0.1) is 8.78 Å². The fraction of sp³-hybridized carbons (Fsp3) is 0.143. The highest BCUT2D eigenvalue weighted by molar-refractivity contribution is 6.36. The summed E-state index contributed by atoms with van der Waals surface area (Å²) in [5.74, 6) is -3.94. The number of anilines is 1. The van der Waals surface area contributed by atoms with Crippen LogP contribution in [-0.2, 0) is 0 Å². The average Bonchev–Trinajstić information content (AvgIpc) is 2.81. The topological polar surface area (TPSA) is 94.7 Å². The van der Waals surface area contributed by atoms with Gasteiger partial charge in [-0.25, -0.2) is 14.2 Å². The molecule has 0 spiro atoms. The minimum Gasteiger partial charge on any atom is -0.476 e. The lowest BCUT2D eigenvalue weighted by atomic mass is 10.0. The number of pyridine rings is 1. The van der Waals surface area contributed by atoms with Crippen molar-refractivity contribution in [1.29, 1.82) is 0 Å². The monoisotopic (exact) mass is 360 g/mol. The zero-order chi connectivity index (χ0) is 17.8. The van der Waals surface area contributed by atoms with Gasteiger partial charge in [0.15, 0.2) is 17.3 Å². The number of aromatic carboxylic acids is 1. The number of nitrogen functional groups attached to an aromatic ring is 1. The third-order valence-electron chi connectivity index (χ3n) is 3.40. The molecule has 3 rings (SSSR count). The van der Waals surface area contributed by atoms with Crippen LogP contribution >= 0.6 is 11.6 Å². The first-order valence-corrected chi connectivity index (χ1v) is 6.77. The number of ether oxygens (including phenoxy) is 2. The highest BCUT2D eigenvalue weighted by atomic mass is 35.5. The average molecular weight is 361 g/mol. The molecule has 0 bridgehead atoms. The Morgan fingerprint density at radius 3 is 2.67 bits per heavy atom. The van der Waals surface area contributed by atoms with Crippen molar-refractivity contribution in [3.8, 4) is 22.8 Å². The van der Waals surface area contributed by atoms with Gasteiger partial charge >= 0.3 is 12.3 Å². The minimum absolute atomic E-state index is 0.110. The molecule has 10 heteroatoms. The number of nitrogens with two attached hydrogens (primary N) is 1. The maximum absolute atomic E-state index is 14.5.